The van der Waals surface area contributed by atoms with Gasteiger partial charge < -0.3 is 19.9 Å². The van der Waals surface area contributed by atoms with Crippen LogP contribution in [0.2, 0.25) is 0 Å². The molecule has 0 spiro atoms. The van der Waals surface area contributed by atoms with Gasteiger partial charge in [-0.05, 0) is 50.2 Å². The highest BCUT2D eigenvalue weighted by Gasteiger charge is 2.41. The van der Waals surface area contributed by atoms with E-state index in [9.17, 15) is 29.5 Å². The van der Waals surface area contributed by atoms with Crippen LogP contribution in [-0.2, 0) is 19.1 Å². The minimum Gasteiger partial charge on any atom is -0.478 e. The first-order valence-corrected chi connectivity index (χ1v) is 10.8. The van der Waals surface area contributed by atoms with E-state index in [2.05, 4.69) is 5.32 Å². The molecule has 0 unspecified atom stereocenters. The molecule has 0 aromatic heterocycles. The van der Waals surface area contributed by atoms with E-state index in [0.29, 0.717) is 0 Å². The molecule has 0 aliphatic heterocycles. The third kappa shape index (κ3) is 6.33. The van der Waals surface area contributed by atoms with Gasteiger partial charge in [0.05, 0.1) is 22.4 Å². The highest BCUT2D eigenvalue weighted by Crippen LogP contribution is 2.19. The number of para-hydroxylation sites is 1. The van der Waals surface area contributed by atoms with Crippen LogP contribution in [0.1, 0.15) is 37.4 Å². The van der Waals surface area contributed by atoms with Gasteiger partial charge in [0.2, 0.25) is 12.2 Å². The summed E-state index contributed by atoms with van der Waals surface area (Å²) >= 11 is 0. The molecule has 0 heterocycles. The number of hydrogen-bond acceptors (Lipinski definition) is 7. The zero-order chi connectivity index (χ0) is 26.2. The fourth-order valence-corrected chi connectivity index (χ4v) is 3.30. The summed E-state index contributed by atoms with van der Waals surface area (Å²) < 4.78 is 10.4. The van der Waals surface area contributed by atoms with E-state index >= 15 is 0 Å². The second kappa shape index (κ2) is 11.4. The number of aliphatic carboxylic acids is 1. The molecule has 3 aromatic carbocycles. The molecule has 1 amide bonds. The minimum atomic E-state index is -2.18. The predicted molar refractivity (Wildman–Crippen MR) is 128 cm³/mol. The van der Waals surface area contributed by atoms with Crippen LogP contribution in [0.4, 0.5) is 5.69 Å². The summed E-state index contributed by atoms with van der Waals surface area (Å²) in [6.45, 7) is 3.47. The van der Waals surface area contributed by atoms with E-state index in [4.69, 9.17) is 9.47 Å². The monoisotopic (exact) mass is 486 g/mol. The largest absolute Gasteiger partial charge is 0.478 e. The third-order valence-electron chi connectivity index (χ3n) is 5.06. The van der Waals surface area contributed by atoms with Crippen molar-refractivity contribution in [2.45, 2.75) is 26.1 Å². The molecule has 3 rings (SSSR count). The number of hydrogen-bond donors (Lipinski definition) is 2. The normalized spacial score (nSPS) is 11.9. The molecule has 0 fully saturated rings. The first-order chi connectivity index (χ1) is 17.2. The molecule has 0 aliphatic carbocycles. The quantitative estimate of drug-likeness (QED) is 0.459. The summed E-state index contributed by atoms with van der Waals surface area (Å²) in [5.41, 5.74) is 1.74. The zero-order valence-corrected chi connectivity index (χ0v) is 19.4. The van der Waals surface area contributed by atoms with Gasteiger partial charge in [-0.15, -0.1) is 0 Å². The molecule has 0 radical (unpaired) electrons. The molecule has 9 heteroatoms. The molecule has 0 bridgehead atoms. The summed E-state index contributed by atoms with van der Waals surface area (Å²) in [6, 6.07) is 20.4. The molecule has 0 saturated heterocycles. The fourth-order valence-electron chi connectivity index (χ4n) is 3.30. The maximum atomic E-state index is 13.2. The molecule has 2 atom stereocenters. The van der Waals surface area contributed by atoms with E-state index in [1.165, 1.54) is 36.4 Å². The Labute approximate surface area is 206 Å². The van der Waals surface area contributed by atoms with Gasteiger partial charge in [0.15, 0.2) is 0 Å². The van der Waals surface area contributed by atoms with E-state index in [0.717, 1.165) is 11.1 Å². The summed E-state index contributed by atoms with van der Waals surface area (Å²) in [5, 5.41) is 21.5. The van der Waals surface area contributed by atoms with E-state index in [1.807, 2.05) is 6.07 Å². The van der Waals surface area contributed by atoms with Crippen molar-refractivity contribution in [1.82, 2.24) is 0 Å². The maximum absolute atomic E-state index is 13.2. The van der Waals surface area contributed by atoms with Gasteiger partial charge in [0, 0.05) is 0 Å². The second-order valence-electron chi connectivity index (χ2n) is 7.88. The van der Waals surface area contributed by atoms with Crippen LogP contribution in [0.5, 0.6) is 0 Å². The number of aryl methyl sites for hydroxylation is 2. The zero-order valence-electron chi connectivity index (χ0n) is 19.4. The van der Waals surface area contributed by atoms with Gasteiger partial charge in [0.1, 0.15) is 6.07 Å². The van der Waals surface area contributed by atoms with Crippen LogP contribution < -0.4 is 5.32 Å². The molecule has 2 N–H and O–H groups in total. The molecule has 3 aromatic rings. The standard InChI is InChI=1S/C27H22N2O7/c1-16-7-5-10-18(13-16)26(33)35-22(24(30)29-21-12-4-3-9-20(21)15-28)23(25(31)32)36-27(34)19-11-6-8-17(2)14-19/h3-14,22-23H,1-2H3,(H,29,30)(H,31,32)/t22-,23-/m1/s1. The Bertz CT molecular complexity index is 1360. The van der Waals surface area contributed by atoms with Crippen molar-refractivity contribution >= 4 is 29.5 Å². The maximum Gasteiger partial charge on any atom is 0.349 e. The van der Waals surface area contributed by atoms with Gasteiger partial charge in [-0.25, -0.2) is 14.4 Å². The Morgan fingerprint density at radius 3 is 1.83 bits per heavy atom. The summed E-state index contributed by atoms with van der Waals surface area (Å²) in [6.07, 6.45) is -4.25. The summed E-state index contributed by atoms with van der Waals surface area (Å²) in [4.78, 5) is 50.8. The smallest absolute Gasteiger partial charge is 0.349 e. The number of nitrogens with zero attached hydrogens (tertiary/aromatic N) is 1. The van der Waals surface area contributed by atoms with Crippen LogP contribution in [-0.4, -0.2) is 41.1 Å². The fraction of sp³-hybridized carbons (Fsp3) is 0.148. The molecule has 0 saturated carbocycles. The average molecular weight is 486 g/mol. The van der Waals surface area contributed by atoms with Crippen molar-refractivity contribution in [1.29, 1.82) is 5.26 Å². The lowest BCUT2D eigenvalue weighted by Gasteiger charge is -2.24. The minimum absolute atomic E-state index is 0.0558. The number of amides is 1. The van der Waals surface area contributed by atoms with Gasteiger partial charge in [-0.2, -0.15) is 5.26 Å². The average Bonchev–Trinajstić information content (AvgIpc) is 2.86. The van der Waals surface area contributed by atoms with Crippen molar-refractivity contribution in [3.63, 3.8) is 0 Å². The number of anilines is 1. The van der Waals surface area contributed by atoms with Crippen molar-refractivity contribution in [3.8, 4) is 6.07 Å². The Morgan fingerprint density at radius 1 is 0.806 bits per heavy atom. The van der Waals surface area contributed by atoms with Crippen LogP contribution in [0.25, 0.3) is 0 Å². The molecule has 9 nitrogen and oxygen atoms in total. The van der Waals surface area contributed by atoms with Gasteiger partial charge in [-0.1, -0.05) is 47.5 Å². The van der Waals surface area contributed by atoms with Gasteiger partial charge in [-0.3, -0.25) is 4.79 Å². The molecule has 182 valence electrons. The van der Waals surface area contributed by atoms with Crippen LogP contribution in [0.15, 0.2) is 72.8 Å². The van der Waals surface area contributed by atoms with Gasteiger partial charge >= 0.3 is 17.9 Å². The molecular formula is C27H22N2O7. The van der Waals surface area contributed by atoms with Crippen molar-refractivity contribution < 1.29 is 33.8 Å². The lowest BCUT2D eigenvalue weighted by molar-refractivity contribution is -0.157. The second-order valence-corrected chi connectivity index (χ2v) is 7.88. The Morgan fingerprint density at radius 2 is 1.33 bits per heavy atom. The van der Waals surface area contributed by atoms with Crippen molar-refractivity contribution in [3.05, 3.63) is 101 Å². The SMILES string of the molecule is Cc1cccc(C(=O)O[C@@H](C(=O)O)[C@@H](OC(=O)c2cccc(C)c2)C(=O)Nc2ccccc2C#N)c1. The number of carbonyl (C=O) groups is 4. The number of carboxylic acid groups (broad SMARTS) is 1. The first-order valence-electron chi connectivity index (χ1n) is 10.8. The van der Waals surface area contributed by atoms with Crippen LogP contribution >= 0.6 is 0 Å². The van der Waals surface area contributed by atoms with E-state index in [-0.39, 0.29) is 22.4 Å². The Kier molecular flexibility index (Phi) is 8.15. The summed E-state index contributed by atoms with van der Waals surface area (Å²) in [7, 11) is 0. The highest BCUT2D eigenvalue weighted by molar-refractivity contribution is 6.02. The number of ether oxygens (including phenoxy) is 2. The lowest BCUT2D eigenvalue weighted by Crippen LogP contribution is -2.48. The number of esters is 2. The number of carbonyl (C=O) groups excluding carboxylic acids is 3. The Balaban J connectivity index is 1.96. The van der Waals surface area contributed by atoms with Crippen LogP contribution in [0.3, 0.4) is 0 Å². The summed E-state index contributed by atoms with van der Waals surface area (Å²) in [5.74, 6) is -4.82. The Hall–Kier alpha value is -4.97. The van der Waals surface area contributed by atoms with E-state index < -0.39 is 36.0 Å². The van der Waals surface area contributed by atoms with Crippen molar-refractivity contribution in [2.24, 2.45) is 0 Å². The lowest BCUT2D eigenvalue weighted by atomic mass is 10.1. The number of rotatable bonds is 8. The molecule has 0 aliphatic rings. The first kappa shape index (κ1) is 25.6. The number of nitrogens with one attached hydrogen (secondary N) is 1. The highest BCUT2D eigenvalue weighted by atomic mass is 16.6. The van der Waals surface area contributed by atoms with Crippen LogP contribution in [0, 0.1) is 25.2 Å². The van der Waals surface area contributed by atoms with Crippen molar-refractivity contribution in [2.75, 3.05) is 5.32 Å². The van der Waals surface area contributed by atoms with Gasteiger partial charge in [0.25, 0.3) is 5.91 Å². The number of benzene rings is 3. The third-order valence-corrected chi connectivity index (χ3v) is 5.06. The topological polar surface area (TPSA) is 143 Å². The number of nitriles is 1. The number of carboxylic acids is 1. The predicted octanol–water partition coefficient (Wildman–Crippen LogP) is 3.65. The van der Waals surface area contributed by atoms with E-state index in [1.54, 1.807) is 50.2 Å². The molecular weight excluding hydrogens is 464 g/mol. The molecule has 36 heavy (non-hydrogen) atoms.